The van der Waals surface area contributed by atoms with Gasteiger partial charge in [-0.1, -0.05) is 70.1 Å². The van der Waals surface area contributed by atoms with Gasteiger partial charge in [0.2, 0.25) is 0 Å². The highest BCUT2D eigenvalue weighted by Crippen LogP contribution is 2.27. The van der Waals surface area contributed by atoms with Crippen molar-refractivity contribution in [2.24, 2.45) is 0 Å². The lowest BCUT2D eigenvalue weighted by atomic mass is 10.0. The molecule has 0 aliphatic heterocycles. The number of rotatable bonds is 9. The topological polar surface area (TPSA) is 0 Å². The molecule has 2 heteroatoms. The summed E-state index contributed by atoms with van der Waals surface area (Å²) in [5.41, 5.74) is 1.48. The van der Waals surface area contributed by atoms with Crippen LogP contribution < -0.4 is 0 Å². The predicted octanol–water partition coefficient (Wildman–Crippen LogP) is 7.89. The molecule has 2 aromatic rings. The van der Waals surface area contributed by atoms with Crippen molar-refractivity contribution < 1.29 is 0 Å². The van der Waals surface area contributed by atoms with Gasteiger partial charge in [0, 0.05) is 8.04 Å². The summed E-state index contributed by atoms with van der Waals surface area (Å²) in [6.45, 7) is 2.28. The van der Waals surface area contributed by atoms with Gasteiger partial charge in [-0.05, 0) is 79.8 Å². The first-order chi connectivity index (χ1) is 10.7. The Bertz CT molecular complexity index is 592. The number of benzene rings is 2. The van der Waals surface area contributed by atoms with Gasteiger partial charge in [0.1, 0.15) is 0 Å². The molecule has 0 spiro atoms. The van der Waals surface area contributed by atoms with Crippen LogP contribution >= 0.6 is 38.5 Å². The standard InChI is InChI=1S/C20H26BrI/c1-2-3-4-5-6-7-8-9-10-16-11-12-17-15-20(22)19(21)14-18(17)13-16/h11-15H,2-10H2,1H3. The van der Waals surface area contributed by atoms with Crippen LogP contribution in [-0.4, -0.2) is 0 Å². The second-order valence-electron chi connectivity index (χ2n) is 6.17. The van der Waals surface area contributed by atoms with E-state index in [2.05, 4.69) is 75.8 Å². The lowest BCUT2D eigenvalue weighted by Gasteiger charge is -2.06. The van der Waals surface area contributed by atoms with Crippen LogP contribution in [0.5, 0.6) is 0 Å². The van der Waals surface area contributed by atoms with Crippen molar-refractivity contribution in [3.05, 3.63) is 43.9 Å². The van der Waals surface area contributed by atoms with Gasteiger partial charge in [-0.3, -0.25) is 0 Å². The van der Waals surface area contributed by atoms with Crippen molar-refractivity contribution in [2.75, 3.05) is 0 Å². The van der Waals surface area contributed by atoms with Crippen LogP contribution in [0.3, 0.4) is 0 Å². The summed E-state index contributed by atoms with van der Waals surface area (Å²) in [6, 6.07) is 11.4. The zero-order valence-electron chi connectivity index (χ0n) is 13.5. The van der Waals surface area contributed by atoms with Crippen LogP contribution in [0.4, 0.5) is 0 Å². The average Bonchev–Trinajstić information content (AvgIpc) is 2.51. The van der Waals surface area contributed by atoms with Gasteiger partial charge in [0.15, 0.2) is 0 Å². The Morgan fingerprint density at radius 2 is 1.50 bits per heavy atom. The predicted molar refractivity (Wildman–Crippen MR) is 111 cm³/mol. The molecule has 0 fully saturated rings. The van der Waals surface area contributed by atoms with E-state index in [0.717, 1.165) is 0 Å². The van der Waals surface area contributed by atoms with Gasteiger partial charge in [0.05, 0.1) is 0 Å². The third-order valence-corrected chi connectivity index (χ3v) is 6.55. The molecule has 0 radical (unpaired) electrons. The summed E-state index contributed by atoms with van der Waals surface area (Å²) in [4.78, 5) is 0. The molecule has 0 unspecified atom stereocenters. The highest BCUT2D eigenvalue weighted by Gasteiger charge is 2.02. The molecule has 120 valence electrons. The normalized spacial score (nSPS) is 11.2. The highest BCUT2D eigenvalue weighted by molar-refractivity contribution is 14.1. The van der Waals surface area contributed by atoms with Crippen LogP contribution in [0, 0.1) is 3.57 Å². The molecule has 0 aliphatic rings. The fraction of sp³-hybridized carbons (Fsp3) is 0.500. The van der Waals surface area contributed by atoms with Crippen molar-refractivity contribution in [1.82, 2.24) is 0 Å². The molecule has 0 atom stereocenters. The van der Waals surface area contributed by atoms with Gasteiger partial charge < -0.3 is 0 Å². The molecule has 0 nitrogen and oxygen atoms in total. The van der Waals surface area contributed by atoms with Gasteiger partial charge in [-0.2, -0.15) is 0 Å². The number of unbranched alkanes of at least 4 members (excludes halogenated alkanes) is 7. The Kier molecular flexibility index (Phi) is 8.23. The lowest BCUT2D eigenvalue weighted by molar-refractivity contribution is 0.575. The lowest BCUT2D eigenvalue weighted by Crippen LogP contribution is -1.88. The molecule has 0 aliphatic carbocycles. The SMILES string of the molecule is CCCCCCCCCCc1ccc2cc(I)c(Br)cc2c1. The summed E-state index contributed by atoms with van der Waals surface area (Å²) >= 11 is 6.01. The van der Waals surface area contributed by atoms with Gasteiger partial charge in [-0.15, -0.1) is 0 Å². The molecule has 0 N–H and O–H groups in total. The second kappa shape index (κ2) is 9.92. The molecule has 0 amide bonds. The van der Waals surface area contributed by atoms with Gasteiger partial charge >= 0.3 is 0 Å². The van der Waals surface area contributed by atoms with Crippen LogP contribution in [-0.2, 0) is 6.42 Å². The van der Waals surface area contributed by atoms with Crippen LogP contribution in [0.1, 0.15) is 63.9 Å². The second-order valence-corrected chi connectivity index (χ2v) is 8.19. The summed E-state index contributed by atoms with van der Waals surface area (Å²) in [5, 5.41) is 2.69. The van der Waals surface area contributed by atoms with E-state index in [1.165, 1.54) is 82.2 Å². The van der Waals surface area contributed by atoms with Crippen molar-refractivity contribution >= 4 is 49.3 Å². The van der Waals surface area contributed by atoms with Gasteiger partial charge in [-0.25, -0.2) is 0 Å². The first kappa shape index (κ1) is 18.3. The van der Waals surface area contributed by atoms with E-state index in [4.69, 9.17) is 0 Å². The summed E-state index contributed by atoms with van der Waals surface area (Å²) in [5.74, 6) is 0. The largest absolute Gasteiger partial charge is 0.0654 e. The molecular weight excluding hydrogens is 447 g/mol. The van der Waals surface area contributed by atoms with Crippen LogP contribution in [0.25, 0.3) is 10.8 Å². The van der Waals surface area contributed by atoms with E-state index in [-0.39, 0.29) is 0 Å². The minimum atomic E-state index is 1.20. The molecular formula is C20H26BrI. The molecule has 0 aromatic heterocycles. The Hall–Kier alpha value is -0.0900. The summed E-state index contributed by atoms with van der Waals surface area (Å²) < 4.78 is 2.48. The smallest absolute Gasteiger partial charge is 0.0315 e. The first-order valence-corrected chi connectivity index (χ1v) is 10.5. The minimum Gasteiger partial charge on any atom is -0.0654 e. The monoisotopic (exact) mass is 472 g/mol. The Morgan fingerprint density at radius 3 is 2.23 bits per heavy atom. The molecule has 2 rings (SSSR count). The van der Waals surface area contributed by atoms with E-state index in [1.54, 1.807) is 0 Å². The molecule has 0 bridgehead atoms. The molecule has 22 heavy (non-hydrogen) atoms. The zero-order chi connectivity index (χ0) is 15.8. The Labute approximate surface area is 157 Å². The van der Waals surface area contributed by atoms with Crippen LogP contribution in [0.2, 0.25) is 0 Å². The van der Waals surface area contributed by atoms with E-state index < -0.39 is 0 Å². The molecule has 0 saturated carbocycles. The molecule has 0 saturated heterocycles. The third kappa shape index (κ3) is 5.84. The van der Waals surface area contributed by atoms with Crippen LogP contribution in [0.15, 0.2) is 34.8 Å². The number of aryl methyl sites for hydroxylation is 1. The van der Waals surface area contributed by atoms with E-state index in [9.17, 15) is 0 Å². The van der Waals surface area contributed by atoms with Gasteiger partial charge in [0.25, 0.3) is 0 Å². The van der Waals surface area contributed by atoms with E-state index in [1.807, 2.05) is 0 Å². The quantitative estimate of drug-likeness (QED) is 0.257. The third-order valence-electron chi connectivity index (χ3n) is 4.26. The fourth-order valence-electron chi connectivity index (χ4n) is 2.91. The fourth-order valence-corrected chi connectivity index (χ4v) is 3.76. The number of halogens is 2. The first-order valence-electron chi connectivity index (χ1n) is 8.58. The average molecular weight is 473 g/mol. The van der Waals surface area contributed by atoms with E-state index in [0.29, 0.717) is 0 Å². The minimum absolute atomic E-state index is 1.20. The van der Waals surface area contributed by atoms with Crippen molar-refractivity contribution in [1.29, 1.82) is 0 Å². The number of hydrogen-bond donors (Lipinski definition) is 0. The van der Waals surface area contributed by atoms with Crippen molar-refractivity contribution in [2.45, 2.75) is 64.7 Å². The highest BCUT2D eigenvalue weighted by atomic mass is 127. The molecule has 2 aromatic carbocycles. The van der Waals surface area contributed by atoms with Crippen molar-refractivity contribution in [3.63, 3.8) is 0 Å². The number of fused-ring (bicyclic) bond motifs is 1. The molecule has 0 heterocycles. The Morgan fingerprint density at radius 1 is 0.818 bits per heavy atom. The zero-order valence-corrected chi connectivity index (χ0v) is 17.3. The van der Waals surface area contributed by atoms with E-state index >= 15 is 0 Å². The maximum absolute atomic E-state index is 3.63. The van der Waals surface area contributed by atoms with Crippen molar-refractivity contribution in [3.8, 4) is 0 Å². The number of hydrogen-bond acceptors (Lipinski definition) is 0. The summed E-state index contributed by atoms with van der Waals surface area (Å²) in [6.07, 6.45) is 12.3. The Balaban J connectivity index is 1.76. The summed E-state index contributed by atoms with van der Waals surface area (Å²) in [7, 11) is 0. The maximum Gasteiger partial charge on any atom is 0.0315 e. The maximum atomic E-state index is 3.63.